The molecule has 0 aliphatic carbocycles. The molecule has 6 nitrogen and oxygen atoms in total. The molecule has 0 aromatic carbocycles. The zero-order valence-electron chi connectivity index (χ0n) is 12.8. The Balaban J connectivity index is 2.34. The Kier molecular flexibility index (Phi) is 3.36. The van der Waals surface area contributed by atoms with Gasteiger partial charge in [-0.2, -0.15) is 10.2 Å². The minimum Gasteiger partial charge on any atom is -0.268 e. The number of rotatable bonds is 3. The first-order valence-electron chi connectivity index (χ1n) is 7.07. The third-order valence-electron chi connectivity index (χ3n) is 3.41. The fourth-order valence-electron chi connectivity index (χ4n) is 2.38. The van der Waals surface area contributed by atoms with Gasteiger partial charge in [0.05, 0.1) is 34.7 Å². The van der Waals surface area contributed by atoms with E-state index in [1.165, 1.54) is 10.7 Å². The first-order chi connectivity index (χ1) is 10.5. The standard InChI is InChI=1S/C16H17N5O/c1-10(2)16-15(13-9-17-7-8-20(13)19-16)12-5-6-14(22)21(18-12)11(3)4/h5-9,11H,1H2,2-4H3. The molecule has 3 aromatic rings. The van der Waals surface area contributed by atoms with Crippen LogP contribution in [0.5, 0.6) is 0 Å². The molecule has 0 N–H and O–H groups in total. The molecule has 6 heteroatoms. The van der Waals surface area contributed by atoms with Gasteiger partial charge < -0.3 is 0 Å². The zero-order valence-corrected chi connectivity index (χ0v) is 12.8. The molecule has 3 heterocycles. The van der Waals surface area contributed by atoms with E-state index in [0.717, 1.165) is 22.3 Å². The molecule has 112 valence electrons. The molecule has 0 atom stereocenters. The van der Waals surface area contributed by atoms with Crippen LogP contribution in [0.2, 0.25) is 0 Å². The predicted octanol–water partition coefficient (Wildman–Crippen LogP) is 2.57. The van der Waals surface area contributed by atoms with Crippen LogP contribution >= 0.6 is 0 Å². The highest BCUT2D eigenvalue weighted by molar-refractivity contribution is 5.87. The Labute approximate surface area is 127 Å². The van der Waals surface area contributed by atoms with Crippen LogP contribution in [0.4, 0.5) is 0 Å². The minimum atomic E-state index is -0.120. The molecule has 0 radical (unpaired) electrons. The Morgan fingerprint density at radius 3 is 2.73 bits per heavy atom. The Bertz CT molecular complexity index is 920. The Morgan fingerprint density at radius 1 is 1.27 bits per heavy atom. The monoisotopic (exact) mass is 295 g/mol. The quantitative estimate of drug-likeness (QED) is 0.745. The lowest BCUT2D eigenvalue weighted by molar-refractivity contribution is 0.505. The molecule has 0 bridgehead atoms. The number of fused-ring (bicyclic) bond motifs is 1. The summed E-state index contributed by atoms with van der Waals surface area (Å²) in [4.78, 5) is 16.1. The van der Waals surface area contributed by atoms with Crippen LogP contribution in [-0.2, 0) is 0 Å². The first-order valence-corrected chi connectivity index (χ1v) is 7.07. The van der Waals surface area contributed by atoms with Crippen LogP contribution in [-0.4, -0.2) is 24.4 Å². The van der Waals surface area contributed by atoms with Crippen LogP contribution in [0.15, 0.2) is 42.1 Å². The summed E-state index contributed by atoms with van der Waals surface area (Å²) in [5.74, 6) is 0. The van der Waals surface area contributed by atoms with Gasteiger partial charge in [0.1, 0.15) is 0 Å². The van der Waals surface area contributed by atoms with E-state index in [2.05, 4.69) is 21.8 Å². The number of nitrogens with zero attached hydrogens (tertiary/aromatic N) is 5. The summed E-state index contributed by atoms with van der Waals surface area (Å²) in [5.41, 5.74) is 3.84. The normalized spacial score (nSPS) is 11.3. The number of aromatic nitrogens is 5. The largest absolute Gasteiger partial charge is 0.268 e. The molecule has 3 aromatic heterocycles. The molecule has 0 amide bonds. The fourth-order valence-corrected chi connectivity index (χ4v) is 2.38. The van der Waals surface area contributed by atoms with Crippen molar-refractivity contribution in [1.82, 2.24) is 24.4 Å². The Hall–Kier alpha value is -2.76. The van der Waals surface area contributed by atoms with Crippen molar-refractivity contribution in [2.75, 3.05) is 0 Å². The summed E-state index contributed by atoms with van der Waals surface area (Å²) < 4.78 is 3.22. The maximum absolute atomic E-state index is 11.9. The van der Waals surface area contributed by atoms with Crippen molar-refractivity contribution in [1.29, 1.82) is 0 Å². The van der Waals surface area contributed by atoms with Crippen LogP contribution in [0.25, 0.3) is 22.3 Å². The second-order valence-corrected chi connectivity index (χ2v) is 5.51. The van der Waals surface area contributed by atoms with Gasteiger partial charge in [0.25, 0.3) is 5.56 Å². The van der Waals surface area contributed by atoms with E-state index in [4.69, 9.17) is 0 Å². The van der Waals surface area contributed by atoms with Crippen molar-refractivity contribution in [3.63, 3.8) is 0 Å². The van der Waals surface area contributed by atoms with Crippen LogP contribution in [0.3, 0.4) is 0 Å². The number of hydrogen-bond acceptors (Lipinski definition) is 4. The SMILES string of the molecule is C=C(C)c1nn2ccncc2c1-c1ccc(=O)n(C(C)C)n1. The van der Waals surface area contributed by atoms with Gasteiger partial charge in [-0.05, 0) is 32.4 Å². The van der Waals surface area contributed by atoms with E-state index in [-0.39, 0.29) is 11.6 Å². The van der Waals surface area contributed by atoms with Crippen molar-refractivity contribution < 1.29 is 0 Å². The lowest BCUT2D eigenvalue weighted by Gasteiger charge is -2.10. The zero-order chi connectivity index (χ0) is 15.9. The van der Waals surface area contributed by atoms with Crippen molar-refractivity contribution in [2.24, 2.45) is 0 Å². The molecule has 3 rings (SSSR count). The minimum absolute atomic E-state index is 0.0132. The average Bonchev–Trinajstić information content (AvgIpc) is 2.87. The van der Waals surface area contributed by atoms with Gasteiger partial charge in [0.15, 0.2) is 0 Å². The van der Waals surface area contributed by atoms with Gasteiger partial charge in [-0.15, -0.1) is 0 Å². The van der Waals surface area contributed by atoms with Crippen molar-refractivity contribution >= 4 is 11.1 Å². The molecule has 0 aliphatic rings. The van der Waals surface area contributed by atoms with E-state index in [1.54, 1.807) is 29.2 Å². The highest BCUT2D eigenvalue weighted by Crippen LogP contribution is 2.29. The third-order valence-corrected chi connectivity index (χ3v) is 3.41. The summed E-state index contributed by atoms with van der Waals surface area (Å²) in [6.07, 6.45) is 5.19. The van der Waals surface area contributed by atoms with E-state index < -0.39 is 0 Å². The smallest absolute Gasteiger partial charge is 0.267 e. The van der Waals surface area contributed by atoms with E-state index >= 15 is 0 Å². The third kappa shape index (κ3) is 2.22. The van der Waals surface area contributed by atoms with Gasteiger partial charge in [-0.3, -0.25) is 9.78 Å². The molecule has 22 heavy (non-hydrogen) atoms. The van der Waals surface area contributed by atoms with Crippen LogP contribution in [0.1, 0.15) is 32.5 Å². The predicted molar refractivity (Wildman–Crippen MR) is 85.6 cm³/mol. The lowest BCUT2D eigenvalue weighted by Crippen LogP contribution is -2.23. The van der Waals surface area contributed by atoms with Gasteiger partial charge in [-0.25, -0.2) is 9.20 Å². The van der Waals surface area contributed by atoms with E-state index in [1.807, 2.05) is 20.8 Å². The maximum Gasteiger partial charge on any atom is 0.267 e. The second-order valence-electron chi connectivity index (χ2n) is 5.51. The van der Waals surface area contributed by atoms with Gasteiger partial charge >= 0.3 is 0 Å². The highest BCUT2D eigenvalue weighted by Gasteiger charge is 2.17. The molecular formula is C16H17N5O. The van der Waals surface area contributed by atoms with E-state index in [0.29, 0.717) is 5.69 Å². The number of allylic oxidation sites excluding steroid dienone is 1. The van der Waals surface area contributed by atoms with Crippen molar-refractivity contribution in [3.8, 4) is 11.3 Å². The molecule has 0 spiro atoms. The summed E-state index contributed by atoms with van der Waals surface area (Å²) >= 11 is 0. The fraction of sp³-hybridized carbons (Fsp3) is 0.250. The highest BCUT2D eigenvalue weighted by atomic mass is 16.1. The summed E-state index contributed by atoms with van der Waals surface area (Å²) in [5, 5.41) is 9.02. The van der Waals surface area contributed by atoms with E-state index in [9.17, 15) is 4.79 Å². The molecule has 0 aliphatic heterocycles. The topological polar surface area (TPSA) is 65.1 Å². The maximum atomic E-state index is 11.9. The van der Waals surface area contributed by atoms with Gasteiger partial charge in [0, 0.05) is 18.5 Å². The molecule has 0 unspecified atom stereocenters. The van der Waals surface area contributed by atoms with Crippen molar-refractivity contribution in [3.05, 3.63) is 53.3 Å². The van der Waals surface area contributed by atoms with Gasteiger partial charge in [0.2, 0.25) is 0 Å². The molecule has 0 saturated heterocycles. The Morgan fingerprint density at radius 2 is 2.05 bits per heavy atom. The van der Waals surface area contributed by atoms with Crippen LogP contribution in [0, 0.1) is 0 Å². The second kappa shape index (κ2) is 5.22. The number of hydrogen-bond donors (Lipinski definition) is 0. The lowest BCUT2D eigenvalue weighted by atomic mass is 10.1. The molecule has 0 saturated carbocycles. The summed E-state index contributed by atoms with van der Waals surface area (Å²) in [6, 6.07) is 3.24. The summed E-state index contributed by atoms with van der Waals surface area (Å²) in [6.45, 7) is 9.74. The van der Waals surface area contributed by atoms with Crippen LogP contribution < -0.4 is 5.56 Å². The summed E-state index contributed by atoms with van der Waals surface area (Å²) in [7, 11) is 0. The average molecular weight is 295 g/mol. The molecular weight excluding hydrogens is 278 g/mol. The molecule has 0 fully saturated rings. The van der Waals surface area contributed by atoms with Gasteiger partial charge in [-0.1, -0.05) is 6.58 Å². The van der Waals surface area contributed by atoms with Crippen molar-refractivity contribution in [2.45, 2.75) is 26.8 Å². The first kappa shape index (κ1) is 14.2.